The van der Waals surface area contributed by atoms with E-state index in [1.807, 2.05) is 0 Å². The summed E-state index contributed by atoms with van der Waals surface area (Å²) in [6.07, 6.45) is 16.4. The number of hydrogen-bond acceptors (Lipinski definition) is 4. The Morgan fingerprint density at radius 2 is 2.04 bits per heavy atom. The van der Waals surface area contributed by atoms with Crippen LogP contribution in [-0.4, -0.2) is 36.5 Å². The number of aliphatic hydroxyl groups excluding tert-OH is 1. The molecule has 0 aromatic rings. The number of rotatable bonds is 9. The Bertz CT molecular complexity index is 497. The van der Waals surface area contributed by atoms with Gasteiger partial charge in [-0.2, -0.15) is 0 Å². The van der Waals surface area contributed by atoms with E-state index in [2.05, 4.69) is 32.9 Å². The molecule has 4 atom stereocenters. The first kappa shape index (κ1) is 21.3. The van der Waals surface area contributed by atoms with E-state index in [-0.39, 0.29) is 17.3 Å². The molecule has 0 radical (unpaired) electrons. The molecule has 156 valence electrons. The van der Waals surface area contributed by atoms with Gasteiger partial charge in [-0.15, -0.1) is 0 Å². The SMILES string of the molecule is CC(C)(CC=CC12CCCC1(C)OC(O)C2)CCCCOC1CCCCO1. The Morgan fingerprint density at radius 3 is 2.81 bits per heavy atom. The van der Waals surface area contributed by atoms with Crippen molar-refractivity contribution < 1.29 is 19.3 Å². The van der Waals surface area contributed by atoms with Crippen LogP contribution in [0.25, 0.3) is 0 Å². The lowest BCUT2D eigenvalue weighted by molar-refractivity contribution is -0.162. The second-order valence-electron chi connectivity index (χ2n) is 9.91. The van der Waals surface area contributed by atoms with Gasteiger partial charge in [0.1, 0.15) is 0 Å². The quantitative estimate of drug-likeness (QED) is 0.433. The molecule has 2 heterocycles. The normalized spacial score (nSPS) is 37.2. The lowest BCUT2D eigenvalue weighted by Gasteiger charge is -2.33. The van der Waals surface area contributed by atoms with Gasteiger partial charge in [0.15, 0.2) is 12.6 Å². The number of hydrogen-bond donors (Lipinski definition) is 1. The minimum atomic E-state index is -0.596. The van der Waals surface area contributed by atoms with Crippen LogP contribution in [-0.2, 0) is 14.2 Å². The van der Waals surface area contributed by atoms with Gasteiger partial charge in [0.2, 0.25) is 0 Å². The van der Waals surface area contributed by atoms with E-state index in [9.17, 15) is 5.11 Å². The fourth-order valence-corrected chi connectivity index (χ4v) is 5.20. The molecule has 0 spiro atoms. The van der Waals surface area contributed by atoms with E-state index in [4.69, 9.17) is 14.2 Å². The lowest BCUT2D eigenvalue weighted by atomic mass is 9.73. The van der Waals surface area contributed by atoms with Crippen LogP contribution in [0.3, 0.4) is 0 Å². The summed E-state index contributed by atoms with van der Waals surface area (Å²) in [5.41, 5.74) is 0.156. The molecule has 1 saturated carbocycles. The predicted octanol–water partition coefficient (Wildman–Crippen LogP) is 5.34. The van der Waals surface area contributed by atoms with Crippen LogP contribution >= 0.6 is 0 Å². The number of aliphatic hydroxyl groups is 1. The van der Waals surface area contributed by atoms with Crippen LogP contribution in [0, 0.1) is 10.8 Å². The first-order valence-electron chi connectivity index (χ1n) is 11.1. The summed E-state index contributed by atoms with van der Waals surface area (Å²) in [6.45, 7) is 8.56. The lowest BCUT2D eigenvalue weighted by Crippen LogP contribution is -2.35. The minimum Gasteiger partial charge on any atom is -0.368 e. The zero-order chi connectivity index (χ0) is 19.4. The Hall–Kier alpha value is -0.420. The molecule has 4 unspecified atom stereocenters. The van der Waals surface area contributed by atoms with Crippen molar-refractivity contribution in [2.45, 2.75) is 110 Å². The van der Waals surface area contributed by atoms with Gasteiger partial charge < -0.3 is 19.3 Å². The maximum absolute atomic E-state index is 10.0. The van der Waals surface area contributed by atoms with Crippen molar-refractivity contribution in [3.05, 3.63) is 12.2 Å². The third-order valence-corrected chi connectivity index (χ3v) is 7.06. The molecule has 1 N–H and O–H groups in total. The van der Waals surface area contributed by atoms with Crippen molar-refractivity contribution >= 4 is 0 Å². The Balaban J connectivity index is 1.37. The fraction of sp³-hybridized carbons (Fsp3) is 0.913. The highest BCUT2D eigenvalue weighted by Crippen LogP contribution is 2.57. The predicted molar refractivity (Wildman–Crippen MR) is 107 cm³/mol. The molecule has 0 amide bonds. The number of fused-ring (bicyclic) bond motifs is 1. The van der Waals surface area contributed by atoms with Crippen LogP contribution in [0.5, 0.6) is 0 Å². The average Bonchev–Trinajstić information content (AvgIpc) is 3.03. The van der Waals surface area contributed by atoms with Crippen molar-refractivity contribution in [3.8, 4) is 0 Å². The number of unbranched alkanes of at least 4 members (excludes halogenated alkanes) is 1. The van der Waals surface area contributed by atoms with Gasteiger partial charge in [0.05, 0.1) is 5.60 Å². The minimum absolute atomic E-state index is 0.0380. The van der Waals surface area contributed by atoms with Crippen molar-refractivity contribution in [1.82, 2.24) is 0 Å². The molecule has 2 aliphatic heterocycles. The highest BCUT2D eigenvalue weighted by atomic mass is 16.7. The first-order chi connectivity index (χ1) is 12.8. The molecular weight excluding hydrogens is 340 g/mol. The number of allylic oxidation sites excluding steroid dienone is 1. The largest absolute Gasteiger partial charge is 0.368 e. The molecule has 0 aromatic heterocycles. The van der Waals surface area contributed by atoms with Crippen molar-refractivity contribution in [3.63, 3.8) is 0 Å². The van der Waals surface area contributed by atoms with E-state index in [1.165, 1.54) is 32.1 Å². The monoisotopic (exact) mass is 380 g/mol. The smallest absolute Gasteiger partial charge is 0.157 e. The molecule has 4 nitrogen and oxygen atoms in total. The summed E-state index contributed by atoms with van der Waals surface area (Å²) in [6, 6.07) is 0. The molecule has 27 heavy (non-hydrogen) atoms. The first-order valence-corrected chi connectivity index (χ1v) is 11.1. The summed E-state index contributed by atoms with van der Waals surface area (Å²) in [5.74, 6) is 0. The average molecular weight is 381 g/mol. The molecule has 3 rings (SSSR count). The summed E-state index contributed by atoms with van der Waals surface area (Å²) >= 11 is 0. The summed E-state index contributed by atoms with van der Waals surface area (Å²) < 4.78 is 17.3. The van der Waals surface area contributed by atoms with Crippen LogP contribution in [0.1, 0.15) is 91.4 Å². The zero-order valence-corrected chi connectivity index (χ0v) is 17.7. The second-order valence-corrected chi connectivity index (χ2v) is 9.91. The van der Waals surface area contributed by atoms with Crippen molar-refractivity contribution in [2.75, 3.05) is 13.2 Å². The Labute approximate surface area is 165 Å². The standard InChI is InChI=1S/C23H40O4/c1-21(2,11-5-7-17-26-20-10-4-6-16-25-20)12-8-14-23-15-9-13-22(23,3)27-19(24)18-23/h8,14,19-20,24H,4-7,9-13,15-18H2,1-3H3. The highest BCUT2D eigenvalue weighted by Gasteiger charge is 2.57. The molecule has 0 aromatic carbocycles. The van der Waals surface area contributed by atoms with Crippen LogP contribution in [0.15, 0.2) is 12.2 Å². The molecule has 0 bridgehead atoms. The van der Waals surface area contributed by atoms with Gasteiger partial charge in [-0.05, 0) is 70.1 Å². The molecular formula is C23H40O4. The highest BCUT2D eigenvalue weighted by molar-refractivity contribution is 5.17. The Kier molecular flexibility index (Phi) is 7.05. The molecule has 3 aliphatic rings. The van der Waals surface area contributed by atoms with Gasteiger partial charge in [0.25, 0.3) is 0 Å². The van der Waals surface area contributed by atoms with Crippen molar-refractivity contribution in [2.24, 2.45) is 10.8 Å². The summed E-state index contributed by atoms with van der Waals surface area (Å²) in [5, 5.41) is 10.0. The van der Waals surface area contributed by atoms with Crippen LogP contribution in [0.4, 0.5) is 0 Å². The molecule has 3 fully saturated rings. The second kappa shape index (κ2) is 8.94. The zero-order valence-electron chi connectivity index (χ0n) is 17.7. The van der Waals surface area contributed by atoms with Gasteiger partial charge in [0, 0.05) is 25.0 Å². The summed E-state index contributed by atoms with van der Waals surface area (Å²) in [4.78, 5) is 0. The molecule has 1 aliphatic carbocycles. The van der Waals surface area contributed by atoms with E-state index in [1.54, 1.807) is 0 Å². The van der Waals surface area contributed by atoms with E-state index < -0.39 is 6.29 Å². The summed E-state index contributed by atoms with van der Waals surface area (Å²) in [7, 11) is 0. The maximum atomic E-state index is 10.0. The third-order valence-electron chi connectivity index (χ3n) is 7.06. The van der Waals surface area contributed by atoms with Gasteiger partial charge >= 0.3 is 0 Å². The van der Waals surface area contributed by atoms with E-state index in [0.717, 1.165) is 51.7 Å². The van der Waals surface area contributed by atoms with Crippen LogP contribution < -0.4 is 0 Å². The Morgan fingerprint density at radius 1 is 1.19 bits per heavy atom. The maximum Gasteiger partial charge on any atom is 0.157 e. The van der Waals surface area contributed by atoms with Gasteiger partial charge in [-0.1, -0.05) is 32.4 Å². The van der Waals surface area contributed by atoms with E-state index in [0.29, 0.717) is 5.41 Å². The van der Waals surface area contributed by atoms with Crippen molar-refractivity contribution in [1.29, 1.82) is 0 Å². The fourth-order valence-electron chi connectivity index (χ4n) is 5.20. The van der Waals surface area contributed by atoms with Gasteiger partial charge in [-0.25, -0.2) is 0 Å². The van der Waals surface area contributed by atoms with Crippen LogP contribution in [0.2, 0.25) is 0 Å². The number of ether oxygens (including phenoxy) is 3. The topological polar surface area (TPSA) is 47.9 Å². The third kappa shape index (κ3) is 5.35. The molecule has 4 heteroatoms. The van der Waals surface area contributed by atoms with Gasteiger partial charge in [-0.3, -0.25) is 0 Å². The molecule has 2 saturated heterocycles. The van der Waals surface area contributed by atoms with E-state index >= 15 is 0 Å².